The van der Waals surface area contributed by atoms with Crippen molar-refractivity contribution in [2.24, 2.45) is 0 Å². The molecule has 4 aromatic heterocycles. The second-order valence-corrected chi connectivity index (χ2v) is 11.2. The van der Waals surface area contributed by atoms with Crippen molar-refractivity contribution in [3.8, 4) is 56.8 Å². The fourth-order valence-corrected chi connectivity index (χ4v) is 5.97. The average Bonchev–Trinajstić information content (AvgIpc) is 3.54. The molecule has 5 aromatic carbocycles. The van der Waals surface area contributed by atoms with E-state index in [0.29, 0.717) is 23.3 Å². The predicted molar refractivity (Wildman–Crippen MR) is 185 cm³/mol. The minimum Gasteiger partial charge on any atom is -0.456 e. The molecule has 9 aromatic rings. The maximum Gasteiger partial charge on any atom is 0.164 e. The molecule has 0 aliphatic heterocycles. The summed E-state index contributed by atoms with van der Waals surface area (Å²) in [5.41, 5.74) is 7.81. The van der Waals surface area contributed by atoms with Gasteiger partial charge in [-0.15, -0.1) is 0 Å². The van der Waals surface area contributed by atoms with Crippen LogP contribution in [0.5, 0.6) is 0 Å². The molecule has 47 heavy (non-hydrogen) atoms. The van der Waals surface area contributed by atoms with Crippen molar-refractivity contribution >= 4 is 32.8 Å². The number of fused-ring (bicyclic) bond motifs is 4. The highest BCUT2D eigenvalue weighted by molar-refractivity contribution is 6.13. The van der Waals surface area contributed by atoms with E-state index in [9.17, 15) is 0 Å². The van der Waals surface area contributed by atoms with Crippen LogP contribution in [0, 0.1) is 0 Å². The Bertz CT molecular complexity index is 2510. The van der Waals surface area contributed by atoms with Crippen LogP contribution in [-0.2, 0) is 0 Å². The molecule has 7 nitrogen and oxygen atoms in total. The molecule has 0 N–H and O–H groups in total. The number of nitrogens with zero attached hydrogens (tertiary/aromatic N) is 6. The average molecular weight is 605 g/mol. The quantitative estimate of drug-likeness (QED) is 0.193. The van der Waals surface area contributed by atoms with Crippen molar-refractivity contribution in [1.29, 1.82) is 0 Å². The molecule has 9 rings (SSSR count). The Kier molecular flexibility index (Phi) is 6.31. The van der Waals surface area contributed by atoms with Gasteiger partial charge in [0.05, 0.1) is 16.6 Å². The maximum atomic E-state index is 6.15. The molecule has 0 atom stereocenters. The molecule has 220 valence electrons. The highest BCUT2D eigenvalue weighted by atomic mass is 16.3. The van der Waals surface area contributed by atoms with Crippen LogP contribution in [0.2, 0.25) is 0 Å². The number of hydrogen-bond donors (Lipinski definition) is 0. The molecule has 4 heterocycles. The van der Waals surface area contributed by atoms with Gasteiger partial charge in [-0.05, 0) is 12.1 Å². The summed E-state index contributed by atoms with van der Waals surface area (Å²) in [7, 11) is 0. The fourth-order valence-electron chi connectivity index (χ4n) is 5.97. The van der Waals surface area contributed by atoms with E-state index < -0.39 is 0 Å². The normalized spacial score (nSPS) is 11.4. The van der Waals surface area contributed by atoms with Crippen LogP contribution < -0.4 is 0 Å². The number of rotatable bonds is 5. The second-order valence-electron chi connectivity index (χ2n) is 11.2. The molecular formula is C40H24N6O. The monoisotopic (exact) mass is 604 g/mol. The second kappa shape index (κ2) is 11.1. The lowest BCUT2D eigenvalue weighted by molar-refractivity contribution is 0.668. The molecule has 0 fully saturated rings. The van der Waals surface area contributed by atoms with E-state index in [0.717, 1.165) is 66.4 Å². The molecule has 0 aliphatic carbocycles. The molecule has 0 saturated carbocycles. The van der Waals surface area contributed by atoms with Gasteiger partial charge in [0.1, 0.15) is 11.2 Å². The number of para-hydroxylation sites is 2. The van der Waals surface area contributed by atoms with Crippen LogP contribution in [-0.4, -0.2) is 29.9 Å². The number of benzene rings is 5. The van der Waals surface area contributed by atoms with Gasteiger partial charge in [0.25, 0.3) is 0 Å². The lowest BCUT2D eigenvalue weighted by atomic mass is 10.0. The van der Waals surface area contributed by atoms with E-state index in [4.69, 9.17) is 34.3 Å². The Morgan fingerprint density at radius 2 is 1.02 bits per heavy atom. The van der Waals surface area contributed by atoms with Gasteiger partial charge >= 0.3 is 0 Å². The van der Waals surface area contributed by atoms with Crippen LogP contribution in [0.1, 0.15) is 0 Å². The molecule has 0 saturated heterocycles. The SMILES string of the molecule is c1ccc(-c2nc(-c3ccccc3)nc(-c3ccc(-c4ncc5cccc(-c6nccc7oc8ccccc8c67)c5n4)cc3)n2)cc1. The summed E-state index contributed by atoms with van der Waals surface area (Å²) in [6, 6.07) is 44.0. The first-order chi connectivity index (χ1) is 23.3. The highest BCUT2D eigenvalue weighted by Gasteiger charge is 2.17. The third-order valence-corrected chi connectivity index (χ3v) is 8.26. The van der Waals surface area contributed by atoms with E-state index in [-0.39, 0.29) is 0 Å². The lowest BCUT2D eigenvalue weighted by Crippen LogP contribution is -2.00. The van der Waals surface area contributed by atoms with Gasteiger partial charge in [-0.25, -0.2) is 24.9 Å². The Balaban J connectivity index is 1.13. The van der Waals surface area contributed by atoms with Crippen LogP contribution in [0.3, 0.4) is 0 Å². The minimum atomic E-state index is 0.595. The van der Waals surface area contributed by atoms with E-state index in [1.165, 1.54) is 0 Å². The van der Waals surface area contributed by atoms with Crippen LogP contribution in [0.4, 0.5) is 0 Å². The maximum absolute atomic E-state index is 6.15. The summed E-state index contributed by atoms with van der Waals surface area (Å²) in [4.78, 5) is 29.2. The molecule has 0 unspecified atom stereocenters. The highest BCUT2D eigenvalue weighted by Crippen LogP contribution is 2.37. The van der Waals surface area contributed by atoms with Gasteiger partial charge in [-0.2, -0.15) is 0 Å². The molecule has 7 heteroatoms. The van der Waals surface area contributed by atoms with Gasteiger partial charge in [0.2, 0.25) is 0 Å². The van der Waals surface area contributed by atoms with Gasteiger partial charge in [0, 0.05) is 51.0 Å². The lowest BCUT2D eigenvalue weighted by Gasteiger charge is -2.10. The molecule has 0 spiro atoms. The molecule has 0 bridgehead atoms. The van der Waals surface area contributed by atoms with Crippen molar-refractivity contribution in [2.45, 2.75) is 0 Å². The van der Waals surface area contributed by atoms with Crippen molar-refractivity contribution in [3.63, 3.8) is 0 Å². The summed E-state index contributed by atoms with van der Waals surface area (Å²) in [5, 5.41) is 2.93. The third-order valence-electron chi connectivity index (χ3n) is 8.26. The standard InChI is InChI=1S/C40H24N6O/c1-3-10-25(11-4-1)38-44-39(26-12-5-2-6-13-26)46-40(45-38)28-20-18-27(19-21-28)37-42-24-29-14-9-16-31(35(29)43-37)36-34-30-15-7-8-17-32(30)47-33(34)22-23-41-36/h1-24H. The molecule has 0 aliphatic rings. The molecular weight excluding hydrogens is 580 g/mol. The number of hydrogen-bond acceptors (Lipinski definition) is 7. The number of aromatic nitrogens is 6. The molecule has 0 amide bonds. The largest absolute Gasteiger partial charge is 0.456 e. The zero-order valence-corrected chi connectivity index (χ0v) is 24.9. The minimum absolute atomic E-state index is 0.595. The third kappa shape index (κ3) is 4.78. The summed E-state index contributed by atoms with van der Waals surface area (Å²) in [5.74, 6) is 2.46. The Morgan fingerprint density at radius 3 is 1.70 bits per heavy atom. The zero-order valence-electron chi connectivity index (χ0n) is 24.9. The van der Waals surface area contributed by atoms with E-state index in [1.54, 1.807) is 6.20 Å². The van der Waals surface area contributed by atoms with Crippen molar-refractivity contribution < 1.29 is 4.42 Å². The number of pyridine rings is 1. The van der Waals surface area contributed by atoms with Crippen LogP contribution >= 0.6 is 0 Å². The summed E-state index contributed by atoms with van der Waals surface area (Å²) < 4.78 is 6.15. The van der Waals surface area contributed by atoms with Crippen LogP contribution in [0.25, 0.3) is 89.7 Å². The fraction of sp³-hybridized carbons (Fsp3) is 0. The van der Waals surface area contributed by atoms with E-state index in [2.05, 4.69) is 12.1 Å². The number of furan rings is 1. The van der Waals surface area contributed by atoms with E-state index in [1.807, 2.05) is 128 Å². The van der Waals surface area contributed by atoms with E-state index >= 15 is 0 Å². The van der Waals surface area contributed by atoms with Gasteiger partial charge in [0.15, 0.2) is 23.3 Å². The zero-order chi connectivity index (χ0) is 31.2. The van der Waals surface area contributed by atoms with Crippen molar-refractivity contribution in [3.05, 3.63) is 146 Å². The summed E-state index contributed by atoms with van der Waals surface area (Å²) >= 11 is 0. The van der Waals surface area contributed by atoms with Crippen molar-refractivity contribution in [1.82, 2.24) is 29.9 Å². The first-order valence-electron chi connectivity index (χ1n) is 15.3. The van der Waals surface area contributed by atoms with Gasteiger partial charge < -0.3 is 4.42 Å². The summed E-state index contributed by atoms with van der Waals surface area (Å²) in [6.45, 7) is 0. The first-order valence-corrected chi connectivity index (χ1v) is 15.3. The van der Waals surface area contributed by atoms with Gasteiger partial charge in [-0.1, -0.05) is 121 Å². The Hall–Kier alpha value is -6.60. The first kappa shape index (κ1) is 26.8. The Morgan fingerprint density at radius 1 is 0.426 bits per heavy atom. The molecule has 0 radical (unpaired) electrons. The predicted octanol–water partition coefficient (Wildman–Crippen LogP) is 9.44. The summed E-state index contributed by atoms with van der Waals surface area (Å²) in [6.07, 6.45) is 3.65. The topological polar surface area (TPSA) is 90.5 Å². The smallest absolute Gasteiger partial charge is 0.164 e. The van der Waals surface area contributed by atoms with Crippen LogP contribution in [0.15, 0.2) is 150 Å². The van der Waals surface area contributed by atoms with Gasteiger partial charge in [-0.3, -0.25) is 4.98 Å². The Labute approximate surface area is 269 Å². The van der Waals surface area contributed by atoms with Crippen molar-refractivity contribution in [2.75, 3.05) is 0 Å².